The molecule has 2 aliphatic carbocycles. The van der Waals surface area contributed by atoms with Gasteiger partial charge in [0, 0.05) is 11.4 Å². The normalized spacial score (nSPS) is 23.2. The summed E-state index contributed by atoms with van der Waals surface area (Å²) in [5.41, 5.74) is 8.96. The molecule has 1 fully saturated rings. The van der Waals surface area contributed by atoms with E-state index in [-0.39, 0.29) is 0 Å². The molecular weight excluding hydrogens is 316 g/mol. The molecule has 2 aromatic rings. The van der Waals surface area contributed by atoms with Crippen molar-refractivity contribution in [2.45, 2.75) is 56.8 Å². The van der Waals surface area contributed by atoms with E-state index >= 15 is 0 Å². The van der Waals surface area contributed by atoms with Crippen molar-refractivity contribution in [3.63, 3.8) is 0 Å². The van der Waals surface area contributed by atoms with Crippen LogP contribution in [-0.4, -0.2) is 5.71 Å². The molecule has 0 radical (unpaired) electrons. The number of nitrogens with zero attached hydrogens (tertiary/aromatic N) is 1. The summed E-state index contributed by atoms with van der Waals surface area (Å²) in [6.07, 6.45) is 10.5. The van der Waals surface area contributed by atoms with Gasteiger partial charge >= 0.3 is 0 Å². The fourth-order valence-corrected chi connectivity index (χ4v) is 4.24. The van der Waals surface area contributed by atoms with Crippen LogP contribution in [0.1, 0.15) is 67.9 Å². The monoisotopic (exact) mass is 344 g/mol. The number of hydrogen-bond donors (Lipinski definition) is 1. The van der Waals surface area contributed by atoms with Crippen molar-refractivity contribution < 1.29 is 0 Å². The summed E-state index contributed by atoms with van der Waals surface area (Å²) in [6.45, 7) is 0. The van der Waals surface area contributed by atoms with Gasteiger partial charge in [-0.3, -0.25) is 5.43 Å². The standard InChI is InChI=1S/C24H28N2/c1-3-7-19(8-4-1)21-11-15-23(16-12-21)25-26-24-17-13-22(14-18-24)20-9-5-2-6-10-20/h1-10,15,21-22,25H,11-14,16-18H2/t21-,22?/m0/s1. The molecule has 1 atom stereocenters. The van der Waals surface area contributed by atoms with E-state index in [4.69, 9.17) is 5.10 Å². The van der Waals surface area contributed by atoms with Crippen LogP contribution < -0.4 is 5.43 Å². The highest BCUT2D eigenvalue weighted by Crippen LogP contribution is 2.32. The van der Waals surface area contributed by atoms with Crippen molar-refractivity contribution in [2.24, 2.45) is 5.10 Å². The third-order valence-electron chi connectivity index (χ3n) is 5.87. The van der Waals surface area contributed by atoms with Gasteiger partial charge in [-0.25, -0.2) is 0 Å². The van der Waals surface area contributed by atoms with Crippen LogP contribution in [0.15, 0.2) is 77.5 Å². The molecule has 0 saturated heterocycles. The summed E-state index contributed by atoms with van der Waals surface area (Å²) < 4.78 is 0. The molecule has 1 saturated carbocycles. The molecule has 0 bridgehead atoms. The second kappa shape index (κ2) is 8.35. The quantitative estimate of drug-likeness (QED) is 0.662. The molecule has 2 aromatic carbocycles. The number of benzene rings is 2. The van der Waals surface area contributed by atoms with Gasteiger partial charge in [-0.05, 0) is 67.9 Å². The van der Waals surface area contributed by atoms with Crippen molar-refractivity contribution in [3.05, 3.63) is 83.6 Å². The van der Waals surface area contributed by atoms with E-state index in [9.17, 15) is 0 Å². The first-order chi connectivity index (χ1) is 12.9. The van der Waals surface area contributed by atoms with Crippen LogP contribution in [0.25, 0.3) is 0 Å². The highest BCUT2D eigenvalue weighted by Gasteiger charge is 2.20. The Morgan fingerprint density at radius 1 is 0.692 bits per heavy atom. The van der Waals surface area contributed by atoms with Crippen LogP contribution in [-0.2, 0) is 0 Å². The van der Waals surface area contributed by atoms with Gasteiger partial charge in [0.15, 0.2) is 0 Å². The van der Waals surface area contributed by atoms with Crippen molar-refractivity contribution >= 4 is 5.71 Å². The van der Waals surface area contributed by atoms with Gasteiger partial charge in [-0.15, -0.1) is 0 Å². The zero-order valence-corrected chi connectivity index (χ0v) is 15.4. The number of allylic oxidation sites excluding steroid dienone is 2. The van der Waals surface area contributed by atoms with Gasteiger partial charge in [-0.2, -0.15) is 5.10 Å². The smallest absolute Gasteiger partial charge is 0.0382 e. The molecule has 2 aliphatic rings. The van der Waals surface area contributed by atoms with E-state index in [2.05, 4.69) is 72.2 Å². The molecule has 0 unspecified atom stereocenters. The van der Waals surface area contributed by atoms with Crippen molar-refractivity contribution in [3.8, 4) is 0 Å². The first kappa shape index (κ1) is 17.1. The molecule has 1 N–H and O–H groups in total. The molecular formula is C24H28N2. The Morgan fingerprint density at radius 3 is 1.85 bits per heavy atom. The molecule has 4 rings (SSSR count). The largest absolute Gasteiger partial charge is 0.283 e. The van der Waals surface area contributed by atoms with E-state index in [0.717, 1.165) is 25.7 Å². The Hall–Kier alpha value is -2.35. The van der Waals surface area contributed by atoms with Crippen molar-refractivity contribution in [1.82, 2.24) is 5.43 Å². The van der Waals surface area contributed by atoms with Gasteiger partial charge in [0.1, 0.15) is 0 Å². The summed E-state index contributed by atoms with van der Waals surface area (Å²) in [7, 11) is 0. The summed E-state index contributed by atoms with van der Waals surface area (Å²) >= 11 is 0. The van der Waals surface area contributed by atoms with Gasteiger partial charge in [0.25, 0.3) is 0 Å². The molecule has 0 spiro atoms. The second-order valence-corrected chi connectivity index (χ2v) is 7.59. The average Bonchev–Trinajstić information content (AvgIpc) is 2.74. The topological polar surface area (TPSA) is 24.4 Å². The number of rotatable bonds is 4. The number of hydrazone groups is 1. The predicted molar refractivity (Wildman–Crippen MR) is 109 cm³/mol. The maximum Gasteiger partial charge on any atom is 0.0382 e. The van der Waals surface area contributed by atoms with Gasteiger partial charge < -0.3 is 0 Å². The SMILES string of the molecule is C1=C(NN=C2CCC(c3ccccc3)CC2)CC[C@@H](c2ccccc2)C1. The summed E-state index contributed by atoms with van der Waals surface area (Å²) in [6, 6.07) is 21.8. The predicted octanol–water partition coefficient (Wildman–Crippen LogP) is 6.14. The minimum Gasteiger partial charge on any atom is -0.283 e. The Balaban J connectivity index is 1.28. The van der Waals surface area contributed by atoms with E-state index in [0.29, 0.717) is 11.8 Å². The first-order valence-corrected chi connectivity index (χ1v) is 9.99. The zero-order valence-electron chi connectivity index (χ0n) is 15.4. The van der Waals surface area contributed by atoms with Crippen molar-refractivity contribution in [1.29, 1.82) is 0 Å². The minimum absolute atomic E-state index is 0.663. The molecule has 2 nitrogen and oxygen atoms in total. The fraction of sp³-hybridized carbons (Fsp3) is 0.375. The van der Waals surface area contributed by atoms with Crippen LogP contribution in [0.2, 0.25) is 0 Å². The Kier molecular flexibility index (Phi) is 5.49. The van der Waals surface area contributed by atoms with E-state index in [1.165, 1.54) is 41.8 Å². The summed E-state index contributed by atoms with van der Waals surface area (Å²) in [5, 5.41) is 4.73. The molecule has 0 amide bonds. The maximum atomic E-state index is 4.73. The minimum atomic E-state index is 0.663. The van der Waals surface area contributed by atoms with Crippen LogP contribution in [0.4, 0.5) is 0 Å². The third kappa shape index (κ3) is 4.24. The van der Waals surface area contributed by atoms with Crippen molar-refractivity contribution in [2.75, 3.05) is 0 Å². The lowest BCUT2D eigenvalue weighted by Gasteiger charge is -2.25. The van der Waals surface area contributed by atoms with Gasteiger partial charge in [0.05, 0.1) is 0 Å². The van der Waals surface area contributed by atoms with Crippen LogP contribution in [0, 0.1) is 0 Å². The number of hydrogen-bond acceptors (Lipinski definition) is 2. The van der Waals surface area contributed by atoms with Crippen LogP contribution in [0.3, 0.4) is 0 Å². The van der Waals surface area contributed by atoms with Crippen LogP contribution >= 0.6 is 0 Å². The molecule has 134 valence electrons. The molecule has 2 heteroatoms. The zero-order chi connectivity index (χ0) is 17.6. The lowest BCUT2D eigenvalue weighted by molar-refractivity contribution is 0.554. The van der Waals surface area contributed by atoms with E-state index in [1.807, 2.05) is 0 Å². The lowest BCUT2D eigenvalue weighted by atomic mass is 9.83. The van der Waals surface area contributed by atoms with Crippen LogP contribution in [0.5, 0.6) is 0 Å². The second-order valence-electron chi connectivity index (χ2n) is 7.59. The lowest BCUT2D eigenvalue weighted by Crippen LogP contribution is -2.18. The van der Waals surface area contributed by atoms with E-state index < -0.39 is 0 Å². The van der Waals surface area contributed by atoms with E-state index in [1.54, 1.807) is 0 Å². The highest BCUT2D eigenvalue weighted by molar-refractivity contribution is 5.85. The summed E-state index contributed by atoms with van der Waals surface area (Å²) in [5.74, 6) is 1.37. The Morgan fingerprint density at radius 2 is 1.27 bits per heavy atom. The molecule has 0 aliphatic heterocycles. The third-order valence-corrected chi connectivity index (χ3v) is 5.87. The molecule has 0 aromatic heterocycles. The number of nitrogens with one attached hydrogen (secondary N) is 1. The highest BCUT2D eigenvalue weighted by atomic mass is 15.3. The van der Waals surface area contributed by atoms with Gasteiger partial charge in [-0.1, -0.05) is 66.7 Å². The fourth-order valence-electron chi connectivity index (χ4n) is 4.24. The summed E-state index contributed by atoms with van der Waals surface area (Å²) in [4.78, 5) is 0. The molecule has 0 heterocycles. The Labute approximate surface area is 157 Å². The average molecular weight is 345 g/mol. The first-order valence-electron chi connectivity index (χ1n) is 9.99. The Bertz CT molecular complexity index is 751. The van der Waals surface area contributed by atoms with Gasteiger partial charge in [0.2, 0.25) is 0 Å². The molecule has 26 heavy (non-hydrogen) atoms. The maximum absolute atomic E-state index is 4.73.